The predicted molar refractivity (Wildman–Crippen MR) is 83.6 cm³/mol. The molecule has 108 valence electrons. The van der Waals surface area contributed by atoms with Crippen LogP contribution in [-0.4, -0.2) is 13.0 Å². The summed E-state index contributed by atoms with van der Waals surface area (Å²) in [7, 11) is 1.65. The van der Waals surface area contributed by atoms with Crippen molar-refractivity contribution in [1.82, 2.24) is 0 Å². The molecule has 0 aromatic heterocycles. The number of para-hydroxylation sites is 1. The summed E-state index contributed by atoms with van der Waals surface area (Å²) in [6, 6.07) is 13.7. The second-order valence-electron chi connectivity index (χ2n) is 5.38. The van der Waals surface area contributed by atoms with Crippen LogP contribution in [0.1, 0.15) is 33.5 Å². The van der Waals surface area contributed by atoms with Crippen LogP contribution in [0.2, 0.25) is 0 Å². The van der Waals surface area contributed by atoms with Crippen LogP contribution >= 0.6 is 0 Å². The number of hydrogen-bond acceptors (Lipinski definition) is 2. The summed E-state index contributed by atoms with van der Waals surface area (Å²) in [5.41, 5.74) is 5.21. The molecule has 0 atom stereocenters. The van der Waals surface area contributed by atoms with Gasteiger partial charge in [-0.05, 0) is 48.6 Å². The van der Waals surface area contributed by atoms with E-state index in [0.29, 0.717) is 6.61 Å². The Bertz CT molecular complexity index is 664. The number of anilines is 1. The highest BCUT2D eigenvalue weighted by Crippen LogP contribution is 2.24. The molecular formula is C18H19NO2. The summed E-state index contributed by atoms with van der Waals surface area (Å²) >= 11 is 0. The van der Waals surface area contributed by atoms with Gasteiger partial charge in [-0.15, -0.1) is 0 Å². The Kier molecular flexibility index (Phi) is 4.02. The highest BCUT2D eigenvalue weighted by Gasteiger charge is 2.14. The molecule has 1 N–H and O–H groups in total. The molecule has 2 aromatic carbocycles. The number of fused-ring (bicyclic) bond motifs is 1. The molecule has 21 heavy (non-hydrogen) atoms. The molecule has 0 bridgehead atoms. The van der Waals surface area contributed by atoms with Gasteiger partial charge in [-0.1, -0.05) is 24.3 Å². The summed E-state index contributed by atoms with van der Waals surface area (Å²) in [4.78, 5) is 12.4. The van der Waals surface area contributed by atoms with Gasteiger partial charge in [0, 0.05) is 23.9 Å². The van der Waals surface area contributed by atoms with Crippen LogP contribution in [0.5, 0.6) is 0 Å². The van der Waals surface area contributed by atoms with Gasteiger partial charge in [0.15, 0.2) is 0 Å². The van der Waals surface area contributed by atoms with Crippen LogP contribution in [0.3, 0.4) is 0 Å². The van der Waals surface area contributed by atoms with Crippen molar-refractivity contribution in [3.63, 3.8) is 0 Å². The Morgan fingerprint density at radius 3 is 2.81 bits per heavy atom. The lowest BCUT2D eigenvalue weighted by Gasteiger charge is -2.11. The number of hydrogen-bond donors (Lipinski definition) is 1. The highest BCUT2D eigenvalue weighted by molar-refractivity contribution is 6.04. The smallest absolute Gasteiger partial charge is 0.255 e. The highest BCUT2D eigenvalue weighted by atomic mass is 16.5. The van der Waals surface area contributed by atoms with Gasteiger partial charge in [-0.25, -0.2) is 0 Å². The average molecular weight is 281 g/mol. The molecule has 0 spiro atoms. The molecule has 1 amide bonds. The Morgan fingerprint density at radius 1 is 1.14 bits per heavy atom. The zero-order chi connectivity index (χ0) is 14.7. The lowest BCUT2D eigenvalue weighted by atomic mass is 10.1. The van der Waals surface area contributed by atoms with E-state index in [1.54, 1.807) is 7.11 Å². The molecule has 3 rings (SSSR count). The van der Waals surface area contributed by atoms with Crippen molar-refractivity contribution < 1.29 is 9.53 Å². The van der Waals surface area contributed by atoms with Crippen LogP contribution in [0.25, 0.3) is 0 Å². The number of carbonyl (C=O) groups is 1. The summed E-state index contributed by atoms with van der Waals surface area (Å²) in [6.07, 6.45) is 3.40. The molecule has 0 saturated heterocycles. The first-order valence-electron chi connectivity index (χ1n) is 7.28. The molecule has 2 aromatic rings. The largest absolute Gasteiger partial charge is 0.380 e. The summed E-state index contributed by atoms with van der Waals surface area (Å²) in [5.74, 6) is -0.0618. The number of benzene rings is 2. The lowest BCUT2D eigenvalue weighted by Crippen LogP contribution is -2.13. The molecule has 3 nitrogen and oxygen atoms in total. The minimum Gasteiger partial charge on any atom is -0.380 e. The van der Waals surface area contributed by atoms with Crippen molar-refractivity contribution in [3.8, 4) is 0 Å². The van der Waals surface area contributed by atoms with E-state index in [1.165, 1.54) is 17.5 Å². The Morgan fingerprint density at radius 2 is 1.95 bits per heavy atom. The third-order valence-electron chi connectivity index (χ3n) is 3.93. The predicted octanol–water partition coefficient (Wildman–Crippen LogP) is 3.57. The fourth-order valence-corrected chi connectivity index (χ4v) is 2.83. The molecule has 0 aliphatic heterocycles. The second-order valence-corrected chi connectivity index (χ2v) is 5.38. The van der Waals surface area contributed by atoms with Gasteiger partial charge in [0.2, 0.25) is 0 Å². The first-order chi connectivity index (χ1) is 10.3. The van der Waals surface area contributed by atoms with E-state index in [9.17, 15) is 4.79 Å². The molecule has 0 saturated carbocycles. The van der Waals surface area contributed by atoms with Crippen molar-refractivity contribution >= 4 is 11.6 Å². The summed E-state index contributed by atoms with van der Waals surface area (Å²) in [6.45, 7) is 0.487. The average Bonchev–Trinajstić information content (AvgIpc) is 2.97. The van der Waals surface area contributed by atoms with Crippen molar-refractivity contribution in [2.24, 2.45) is 0 Å². The quantitative estimate of drug-likeness (QED) is 0.930. The minimum atomic E-state index is -0.0618. The van der Waals surface area contributed by atoms with Gasteiger partial charge in [-0.2, -0.15) is 0 Å². The first-order valence-corrected chi connectivity index (χ1v) is 7.28. The Hall–Kier alpha value is -2.13. The second kappa shape index (κ2) is 6.10. The van der Waals surface area contributed by atoms with E-state index in [0.717, 1.165) is 29.7 Å². The molecule has 1 aliphatic rings. The van der Waals surface area contributed by atoms with Crippen molar-refractivity contribution in [1.29, 1.82) is 0 Å². The zero-order valence-corrected chi connectivity index (χ0v) is 12.2. The van der Waals surface area contributed by atoms with E-state index in [4.69, 9.17) is 4.74 Å². The number of carbonyl (C=O) groups excluding carboxylic acids is 1. The van der Waals surface area contributed by atoms with Crippen LogP contribution < -0.4 is 5.32 Å². The maximum Gasteiger partial charge on any atom is 0.255 e. The fourth-order valence-electron chi connectivity index (χ4n) is 2.83. The molecule has 0 radical (unpaired) electrons. The number of rotatable bonds is 4. The van der Waals surface area contributed by atoms with Crippen molar-refractivity contribution in [3.05, 3.63) is 64.7 Å². The number of ether oxygens (including phenoxy) is 1. The van der Waals surface area contributed by atoms with Crippen molar-refractivity contribution in [2.45, 2.75) is 25.9 Å². The third kappa shape index (κ3) is 2.98. The summed E-state index contributed by atoms with van der Waals surface area (Å²) < 4.78 is 5.17. The SMILES string of the molecule is COCc1ccccc1NC(=O)c1ccc2c(c1)CCC2. The van der Waals surface area contributed by atoms with Gasteiger partial charge < -0.3 is 10.1 Å². The first kappa shape index (κ1) is 13.8. The molecule has 0 heterocycles. The Labute approximate surface area is 124 Å². The maximum atomic E-state index is 12.4. The number of nitrogens with one attached hydrogen (secondary N) is 1. The Balaban J connectivity index is 1.80. The topological polar surface area (TPSA) is 38.3 Å². The monoisotopic (exact) mass is 281 g/mol. The van der Waals surface area contributed by atoms with E-state index >= 15 is 0 Å². The molecule has 0 unspecified atom stereocenters. The normalized spacial score (nSPS) is 13.0. The van der Waals surface area contributed by atoms with E-state index < -0.39 is 0 Å². The number of methoxy groups -OCH3 is 1. The van der Waals surface area contributed by atoms with Gasteiger partial charge in [0.25, 0.3) is 5.91 Å². The molecule has 1 aliphatic carbocycles. The van der Waals surface area contributed by atoms with Crippen LogP contribution in [0, 0.1) is 0 Å². The van der Waals surface area contributed by atoms with Gasteiger partial charge in [0.05, 0.1) is 6.61 Å². The van der Waals surface area contributed by atoms with Gasteiger partial charge >= 0.3 is 0 Å². The molecular weight excluding hydrogens is 262 g/mol. The molecule has 3 heteroatoms. The molecule has 0 fully saturated rings. The van der Waals surface area contributed by atoms with Crippen LogP contribution in [0.4, 0.5) is 5.69 Å². The zero-order valence-electron chi connectivity index (χ0n) is 12.2. The number of aryl methyl sites for hydroxylation is 2. The van der Waals surface area contributed by atoms with Gasteiger partial charge in [-0.3, -0.25) is 4.79 Å². The van der Waals surface area contributed by atoms with Crippen LogP contribution in [0.15, 0.2) is 42.5 Å². The van der Waals surface area contributed by atoms with E-state index in [-0.39, 0.29) is 5.91 Å². The standard InChI is InChI=1S/C18H19NO2/c1-21-12-16-5-2-3-8-17(16)19-18(20)15-10-9-13-6-4-7-14(13)11-15/h2-3,5,8-11H,4,6-7,12H2,1H3,(H,19,20). The third-order valence-corrected chi connectivity index (χ3v) is 3.93. The maximum absolute atomic E-state index is 12.4. The summed E-state index contributed by atoms with van der Waals surface area (Å²) in [5, 5.41) is 2.98. The van der Waals surface area contributed by atoms with Crippen LogP contribution in [-0.2, 0) is 24.2 Å². The fraction of sp³-hybridized carbons (Fsp3) is 0.278. The number of amides is 1. The minimum absolute atomic E-state index is 0.0618. The van der Waals surface area contributed by atoms with Crippen molar-refractivity contribution in [2.75, 3.05) is 12.4 Å². The van der Waals surface area contributed by atoms with E-state index in [2.05, 4.69) is 11.4 Å². The van der Waals surface area contributed by atoms with E-state index in [1.807, 2.05) is 36.4 Å². The van der Waals surface area contributed by atoms with Gasteiger partial charge in [0.1, 0.15) is 0 Å². The lowest BCUT2D eigenvalue weighted by molar-refractivity contribution is 0.102.